The third-order valence-electron chi connectivity index (χ3n) is 8.30. The zero-order valence-electron chi connectivity index (χ0n) is 26.6. The summed E-state index contributed by atoms with van der Waals surface area (Å²) in [5.41, 5.74) is 0.552. The van der Waals surface area contributed by atoms with Crippen LogP contribution in [-0.4, -0.2) is 69.2 Å². The molecule has 0 radical (unpaired) electrons. The fourth-order valence-electron chi connectivity index (χ4n) is 5.10. The van der Waals surface area contributed by atoms with Crippen LogP contribution in [0.3, 0.4) is 0 Å². The molecule has 10 heteroatoms. The highest BCUT2D eigenvalue weighted by Gasteiger charge is 2.36. The van der Waals surface area contributed by atoms with Crippen molar-refractivity contribution in [2.75, 3.05) is 0 Å². The molecule has 1 heterocycles. The number of Topliss-reactive ketones (excluding diaryl/α,β-unsaturated/α-hetero) is 1. The van der Waals surface area contributed by atoms with E-state index in [1.54, 1.807) is 26.0 Å². The first-order valence-electron chi connectivity index (χ1n) is 15.1. The van der Waals surface area contributed by atoms with Crippen LogP contribution in [0.25, 0.3) is 0 Å². The Morgan fingerprint density at radius 2 is 1.53 bits per heavy atom. The van der Waals surface area contributed by atoms with Gasteiger partial charge in [-0.1, -0.05) is 47.3 Å². The van der Waals surface area contributed by atoms with Gasteiger partial charge in [0, 0.05) is 30.3 Å². The summed E-state index contributed by atoms with van der Waals surface area (Å²) in [5, 5.41) is 31.5. The van der Waals surface area contributed by atoms with Crippen LogP contribution in [0.15, 0.2) is 35.5 Å². The molecule has 0 aliphatic carbocycles. The maximum absolute atomic E-state index is 12.8. The van der Waals surface area contributed by atoms with Gasteiger partial charge in [-0.3, -0.25) is 14.4 Å². The Morgan fingerprint density at radius 3 is 2.07 bits per heavy atom. The standard InChI is InChI=1S/C33H50O10/c1-9-24(10-2)15-25(34)14-19(4)13-18(3)11-12-26(35)21(6)28(37)16-27(36)20(5)23(8)42-30(39)17-29(38)31-22(7)32(40)43-33(31)41/h9,15,18-21,23,26-27,29,35-36,38H,1,10-14,16-17H2,2-8H3/b24-15-/i13+1,14+1,26+1,27+1,32+1. The molecule has 0 aromatic carbocycles. The monoisotopic (exact) mass is 611 g/mol. The minimum Gasteiger partial charge on any atom is -0.462 e. The summed E-state index contributed by atoms with van der Waals surface area (Å²) in [7, 11) is 0. The minimum absolute atomic E-state index is 0.0736. The number of hydrogen-bond donors (Lipinski definition) is 3. The molecule has 0 aromatic heterocycles. The maximum atomic E-state index is 12.8. The van der Waals surface area contributed by atoms with Crippen LogP contribution in [0.4, 0.5) is 0 Å². The molecule has 0 bridgehead atoms. The van der Waals surface area contributed by atoms with Crippen molar-refractivity contribution in [3.8, 4) is 0 Å². The van der Waals surface area contributed by atoms with Crippen molar-refractivity contribution in [3.63, 3.8) is 0 Å². The zero-order valence-corrected chi connectivity index (χ0v) is 26.6. The Morgan fingerprint density at radius 1 is 0.907 bits per heavy atom. The van der Waals surface area contributed by atoms with Gasteiger partial charge in [0.05, 0.1) is 30.3 Å². The number of ether oxygens (including phenoxy) is 2. The highest BCUT2D eigenvalue weighted by molar-refractivity contribution is 6.12. The molecule has 8 atom stereocenters. The van der Waals surface area contributed by atoms with E-state index in [1.165, 1.54) is 13.8 Å². The molecule has 242 valence electrons. The highest BCUT2D eigenvalue weighted by atomic mass is 16.7. The Bertz CT molecular complexity index is 1090. The van der Waals surface area contributed by atoms with Crippen LogP contribution >= 0.6 is 0 Å². The van der Waals surface area contributed by atoms with E-state index in [4.69, 9.17) is 4.74 Å². The number of carbonyl (C=O) groups is 5. The van der Waals surface area contributed by atoms with Gasteiger partial charge >= 0.3 is 17.9 Å². The zero-order chi connectivity index (χ0) is 33.0. The van der Waals surface area contributed by atoms with Gasteiger partial charge in [0.2, 0.25) is 0 Å². The second kappa shape index (κ2) is 18.0. The van der Waals surface area contributed by atoms with Crippen molar-refractivity contribution >= 4 is 29.5 Å². The maximum Gasteiger partial charge on any atom is 0.345 e. The number of aliphatic hydroxyl groups is 3. The van der Waals surface area contributed by atoms with Crippen LogP contribution in [-0.2, 0) is 33.4 Å². The Kier molecular flexibility index (Phi) is 15.9. The van der Waals surface area contributed by atoms with Crippen molar-refractivity contribution in [2.45, 2.75) is 118 Å². The molecule has 10 nitrogen and oxygen atoms in total. The number of rotatable bonds is 20. The Balaban J connectivity index is 2.51. The minimum atomic E-state index is -1.58. The molecule has 0 saturated heterocycles. The molecule has 3 N–H and O–H groups in total. The molecule has 0 aromatic rings. The molecule has 43 heavy (non-hydrogen) atoms. The molecule has 1 aliphatic rings. The smallest absolute Gasteiger partial charge is 0.345 e. The van der Waals surface area contributed by atoms with E-state index in [1.807, 2.05) is 13.8 Å². The van der Waals surface area contributed by atoms with Crippen LogP contribution in [0.1, 0.15) is 93.4 Å². The summed E-state index contributed by atoms with van der Waals surface area (Å²) >= 11 is 0. The lowest BCUT2D eigenvalue weighted by Crippen LogP contribution is -2.36. The number of carbonyl (C=O) groups excluding carboxylic acids is 5. The van der Waals surface area contributed by atoms with Crippen LogP contribution in [0, 0.1) is 23.7 Å². The van der Waals surface area contributed by atoms with Crippen molar-refractivity contribution in [1.82, 2.24) is 0 Å². The van der Waals surface area contributed by atoms with Gasteiger partial charge in [-0.05, 0) is 63.0 Å². The quantitative estimate of drug-likeness (QED) is 0.0604. The summed E-state index contributed by atoms with van der Waals surface area (Å²) in [6.07, 6.45) is 1.16. The molecule has 0 spiro atoms. The Hall–Kier alpha value is -2.95. The third-order valence-corrected chi connectivity index (χ3v) is 8.30. The van der Waals surface area contributed by atoms with Crippen molar-refractivity contribution in [2.24, 2.45) is 23.7 Å². The Labute approximate surface area is 255 Å². The van der Waals surface area contributed by atoms with Crippen molar-refractivity contribution < 1.29 is 48.8 Å². The highest BCUT2D eigenvalue weighted by Crippen LogP contribution is 2.25. The van der Waals surface area contributed by atoms with Crippen LogP contribution in [0.2, 0.25) is 0 Å². The molecule has 0 fully saturated rings. The number of allylic oxidation sites excluding steroid dienone is 3. The second-order valence-electron chi connectivity index (χ2n) is 12.1. The van der Waals surface area contributed by atoms with Gasteiger partial charge in [-0.15, -0.1) is 0 Å². The summed E-state index contributed by atoms with van der Waals surface area (Å²) in [4.78, 5) is 60.6. The number of ketones is 2. The molecule has 8 unspecified atom stereocenters. The first-order chi connectivity index (χ1) is 20.0. The SMILES string of the molecule is C=C/C(=C/C(=O)[13CH2]C(C)[13CH2]C(C)CC[13CH](O)C(C)C(=O)C[13CH](O)C(C)C(C)OC(=O)CC(O)C1=C(C)[13C](=O)OC1=O)CC. The first-order valence-corrected chi connectivity index (χ1v) is 15.1. The molecule has 0 saturated carbocycles. The van der Waals surface area contributed by atoms with E-state index in [0.29, 0.717) is 19.3 Å². The van der Waals surface area contributed by atoms with E-state index >= 15 is 0 Å². The van der Waals surface area contributed by atoms with Gasteiger partial charge in [0.15, 0.2) is 5.78 Å². The second-order valence-corrected chi connectivity index (χ2v) is 12.1. The lowest BCUT2D eigenvalue weighted by Gasteiger charge is -2.27. The number of cyclic esters (lactones) is 2. The molecule has 1 rings (SSSR count). The lowest BCUT2D eigenvalue weighted by molar-refractivity contribution is -0.154. The van der Waals surface area contributed by atoms with Crippen molar-refractivity contribution in [1.29, 1.82) is 0 Å². The van der Waals surface area contributed by atoms with Crippen LogP contribution < -0.4 is 0 Å². The van der Waals surface area contributed by atoms with Gasteiger partial charge in [-0.25, -0.2) is 9.59 Å². The number of esters is 3. The molecular formula is C33H50O10. The van der Waals surface area contributed by atoms with Gasteiger partial charge in [0.1, 0.15) is 11.9 Å². The summed E-state index contributed by atoms with van der Waals surface area (Å²) in [6.45, 7) is 15.8. The fraction of sp³-hybridized carbons (Fsp3) is 0.667. The fourth-order valence-corrected chi connectivity index (χ4v) is 5.10. The van der Waals surface area contributed by atoms with Crippen molar-refractivity contribution in [3.05, 3.63) is 35.5 Å². The predicted molar refractivity (Wildman–Crippen MR) is 160 cm³/mol. The molecule has 0 amide bonds. The van der Waals surface area contributed by atoms with E-state index in [-0.39, 0.29) is 41.0 Å². The van der Waals surface area contributed by atoms with E-state index in [2.05, 4.69) is 18.2 Å². The van der Waals surface area contributed by atoms with Crippen LogP contribution in [0.5, 0.6) is 0 Å². The largest absolute Gasteiger partial charge is 0.462 e. The molecule has 1 aliphatic heterocycles. The topological polar surface area (TPSA) is 164 Å². The average molecular weight is 612 g/mol. The summed E-state index contributed by atoms with van der Waals surface area (Å²) < 4.78 is 9.71. The van der Waals surface area contributed by atoms with E-state index in [9.17, 15) is 39.3 Å². The first kappa shape index (κ1) is 38.1. The third kappa shape index (κ3) is 12.3. The van der Waals surface area contributed by atoms with E-state index < -0.39 is 60.6 Å². The normalized spacial score (nSPS) is 19.5. The average Bonchev–Trinajstić information content (AvgIpc) is 3.19. The molecular weight excluding hydrogens is 561 g/mol. The number of aliphatic hydroxyl groups excluding tert-OH is 3. The predicted octanol–water partition coefficient (Wildman–Crippen LogP) is 3.95. The summed E-state index contributed by atoms with van der Waals surface area (Å²) in [6, 6.07) is 0. The number of hydrogen-bond acceptors (Lipinski definition) is 10. The van der Waals surface area contributed by atoms with Gasteiger partial charge in [0.25, 0.3) is 0 Å². The lowest BCUT2D eigenvalue weighted by atomic mass is 10.0. The van der Waals surface area contributed by atoms with E-state index in [0.717, 1.165) is 18.4 Å². The van der Waals surface area contributed by atoms with Gasteiger partial charge < -0.3 is 24.8 Å². The summed E-state index contributed by atoms with van der Waals surface area (Å²) in [5.74, 6) is -3.91. The van der Waals surface area contributed by atoms with Gasteiger partial charge in [-0.2, -0.15) is 0 Å².